The first-order valence-corrected chi connectivity index (χ1v) is 11.6. The molecule has 3 heterocycles. The van der Waals surface area contributed by atoms with Crippen molar-refractivity contribution in [2.75, 3.05) is 13.2 Å². The quantitative estimate of drug-likeness (QED) is 0.483. The van der Waals surface area contributed by atoms with Gasteiger partial charge in [0.25, 0.3) is 0 Å². The van der Waals surface area contributed by atoms with Crippen LogP contribution in [0.5, 0.6) is 11.6 Å². The molecular weight excluding hydrogens is 428 g/mol. The van der Waals surface area contributed by atoms with Gasteiger partial charge in [-0.25, -0.2) is 4.79 Å². The predicted octanol–water partition coefficient (Wildman–Crippen LogP) is 4.89. The first-order chi connectivity index (χ1) is 16.6. The molecule has 6 heteroatoms. The van der Waals surface area contributed by atoms with E-state index in [9.17, 15) is 4.79 Å². The Morgan fingerprint density at radius 3 is 2.76 bits per heavy atom. The van der Waals surface area contributed by atoms with E-state index in [0.29, 0.717) is 25.6 Å². The van der Waals surface area contributed by atoms with Gasteiger partial charge in [-0.3, -0.25) is 4.57 Å². The van der Waals surface area contributed by atoms with Crippen molar-refractivity contribution in [3.63, 3.8) is 0 Å². The van der Waals surface area contributed by atoms with Gasteiger partial charge < -0.3 is 14.2 Å². The van der Waals surface area contributed by atoms with E-state index in [1.807, 2.05) is 42.5 Å². The Morgan fingerprint density at radius 2 is 1.97 bits per heavy atom. The molecule has 5 rings (SSSR count). The minimum absolute atomic E-state index is 0.0723. The number of rotatable bonds is 8. The van der Waals surface area contributed by atoms with Crippen LogP contribution in [0, 0.1) is 0 Å². The molecular formula is C28H28N2O4. The van der Waals surface area contributed by atoms with Crippen molar-refractivity contribution in [1.29, 1.82) is 0 Å². The lowest BCUT2D eigenvalue weighted by atomic mass is 9.97. The average Bonchev–Trinajstić information content (AvgIpc) is 3.39. The van der Waals surface area contributed by atoms with Crippen molar-refractivity contribution in [1.82, 2.24) is 9.55 Å². The lowest BCUT2D eigenvalue weighted by Crippen LogP contribution is -2.29. The second-order valence-electron chi connectivity index (χ2n) is 8.59. The summed E-state index contributed by atoms with van der Waals surface area (Å²) in [5.41, 5.74) is 5.84. The Balaban J connectivity index is 1.33. The van der Waals surface area contributed by atoms with E-state index in [1.165, 1.54) is 0 Å². The summed E-state index contributed by atoms with van der Waals surface area (Å²) in [6, 6.07) is 14.0. The lowest BCUT2D eigenvalue weighted by molar-refractivity contribution is 0.0661. The summed E-state index contributed by atoms with van der Waals surface area (Å²) in [4.78, 5) is 16.7. The van der Waals surface area contributed by atoms with E-state index in [0.717, 1.165) is 65.1 Å². The highest BCUT2D eigenvalue weighted by molar-refractivity contribution is 5.68. The van der Waals surface area contributed by atoms with Gasteiger partial charge in [0.1, 0.15) is 19.0 Å². The van der Waals surface area contributed by atoms with Crippen LogP contribution in [0.3, 0.4) is 0 Å². The summed E-state index contributed by atoms with van der Waals surface area (Å²) in [6.07, 6.45) is 6.48. The molecule has 2 aliphatic heterocycles. The van der Waals surface area contributed by atoms with Crippen LogP contribution < -0.4 is 15.2 Å². The van der Waals surface area contributed by atoms with Gasteiger partial charge in [-0.2, -0.15) is 4.98 Å². The normalized spacial score (nSPS) is 16.4. The van der Waals surface area contributed by atoms with Gasteiger partial charge in [0.15, 0.2) is 0 Å². The van der Waals surface area contributed by atoms with E-state index in [4.69, 9.17) is 14.2 Å². The van der Waals surface area contributed by atoms with Crippen LogP contribution in [0.1, 0.15) is 35.1 Å². The first kappa shape index (κ1) is 22.2. The topological polar surface area (TPSA) is 62.6 Å². The van der Waals surface area contributed by atoms with Crippen molar-refractivity contribution in [2.45, 2.75) is 38.5 Å². The molecule has 0 aliphatic carbocycles. The van der Waals surface area contributed by atoms with Crippen LogP contribution in [-0.4, -0.2) is 28.9 Å². The van der Waals surface area contributed by atoms with Crippen molar-refractivity contribution in [3.05, 3.63) is 88.4 Å². The molecule has 2 aliphatic rings. The Labute approximate surface area is 199 Å². The van der Waals surface area contributed by atoms with Crippen molar-refractivity contribution < 1.29 is 14.2 Å². The molecule has 2 aromatic carbocycles. The highest BCUT2D eigenvalue weighted by Gasteiger charge is 2.21. The van der Waals surface area contributed by atoms with Crippen LogP contribution in [-0.2, 0) is 24.3 Å². The average molecular weight is 457 g/mol. The SMILES string of the molecule is C=Cc1ccc(COc2ccc3c(c2)CCn2c-3cc(OCC3CCCO3)nc2=O)cc1C=C. The molecule has 1 atom stereocenters. The van der Waals surface area contributed by atoms with Gasteiger partial charge in [0, 0.05) is 24.8 Å². The van der Waals surface area contributed by atoms with E-state index < -0.39 is 0 Å². The fourth-order valence-corrected chi connectivity index (χ4v) is 4.54. The maximum absolute atomic E-state index is 12.6. The van der Waals surface area contributed by atoms with Crippen molar-refractivity contribution >= 4 is 12.2 Å². The third-order valence-electron chi connectivity index (χ3n) is 6.38. The molecule has 3 aromatic rings. The summed E-state index contributed by atoms with van der Waals surface area (Å²) in [5.74, 6) is 1.15. The van der Waals surface area contributed by atoms with Gasteiger partial charge in [0.05, 0.1) is 11.8 Å². The summed E-state index contributed by atoms with van der Waals surface area (Å²) in [5, 5.41) is 0. The van der Waals surface area contributed by atoms with Crippen LogP contribution in [0.2, 0.25) is 0 Å². The molecule has 0 amide bonds. The number of fused-ring (bicyclic) bond motifs is 3. The Kier molecular flexibility index (Phi) is 6.32. The summed E-state index contributed by atoms with van der Waals surface area (Å²) in [7, 11) is 0. The summed E-state index contributed by atoms with van der Waals surface area (Å²) >= 11 is 0. The number of ether oxygens (including phenoxy) is 3. The largest absolute Gasteiger partial charge is 0.489 e. The maximum atomic E-state index is 12.6. The zero-order valence-corrected chi connectivity index (χ0v) is 19.2. The molecule has 1 unspecified atom stereocenters. The minimum atomic E-state index is -0.285. The molecule has 0 spiro atoms. The maximum Gasteiger partial charge on any atom is 0.351 e. The lowest BCUT2D eigenvalue weighted by Gasteiger charge is -2.22. The van der Waals surface area contributed by atoms with Gasteiger partial charge in [-0.15, -0.1) is 0 Å². The molecule has 6 nitrogen and oxygen atoms in total. The van der Waals surface area contributed by atoms with Gasteiger partial charge in [0.2, 0.25) is 5.88 Å². The monoisotopic (exact) mass is 456 g/mol. The summed E-state index contributed by atoms with van der Waals surface area (Å²) in [6.45, 7) is 9.93. The molecule has 0 bridgehead atoms. The van der Waals surface area contributed by atoms with Gasteiger partial charge in [-0.1, -0.05) is 37.4 Å². The predicted molar refractivity (Wildman–Crippen MR) is 133 cm³/mol. The van der Waals surface area contributed by atoms with E-state index >= 15 is 0 Å². The molecule has 1 saturated heterocycles. The molecule has 1 aromatic heterocycles. The Bertz CT molecular complexity index is 1290. The number of hydrogen-bond acceptors (Lipinski definition) is 5. The molecule has 0 radical (unpaired) electrons. The second kappa shape index (κ2) is 9.69. The standard InChI is InChI=1S/C28H28N2O4/c1-3-20-8-7-19(14-21(20)4-2)17-33-23-9-10-25-22(15-23)11-12-30-26(25)16-27(29-28(30)31)34-18-24-6-5-13-32-24/h3-4,7-10,14-16,24H,1-2,5-6,11-13,17-18H2. The van der Waals surface area contributed by atoms with Crippen LogP contribution in [0.4, 0.5) is 0 Å². The van der Waals surface area contributed by atoms with E-state index in [-0.39, 0.29) is 11.8 Å². The van der Waals surface area contributed by atoms with Gasteiger partial charge >= 0.3 is 5.69 Å². The fourth-order valence-electron chi connectivity index (χ4n) is 4.54. The highest BCUT2D eigenvalue weighted by Crippen LogP contribution is 2.32. The number of nitrogens with zero attached hydrogens (tertiary/aromatic N) is 2. The molecule has 1 fully saturated rings. The second-order valence-corrected chi connectivity index (χ2v) is 8.59. The van der Waals surface area contributed by atoms with Crippen LogP contribution in [0.15, 0.2) is 60.4 Å². The first-order valence-electron chi connectivity index (χ1n) is 11.6. The van der Waals surface area contributed by atoms with E-state index in [1.54, 1.807) is 4.57 Å². The molecule has 0 N–H and O–H groups in total. The number of aromatic nitrogens is 2. The molecule has 174 valence electrons. The molecule has 0 saturated carbocycles. The fraction of sp³-hybridized carbons (Fsp3) is 0.286. The van der Waals surface area contributed by atoms with E-state index in [2.05, 4.69) is 30.3 Å². The van der Waals surface area contributed by atoms with Crippen LogP contribution in [0.25, 0.3) is 23.4 Å². The summed E-state index contributed by atoms with van der Waals surface area (Å²) < 4.78 is 19.2. The zero-order valence-electron chi connectivity index (χ0n) is 19.2. The molecule has 34 heavy (non-hydrogen) atoms. The van der Waals surface area contributed by atoms with Crippen molar-refractivity contribution in [3.8, 4) is 22.9 Å². The number of aryl methyl sites for hydroxylation is 1. The third-order valence-corrected chi connectivity index (χ3v) is 6.38. The smallest absolute Gasteiger partial charge is 0.351 e. The highest BCUT2D eigenvalue weighted by atomic mass is 16.5. The van der Waals surface area contributed by atoms with Crippen LogP contribution >= 0.6 is 0 Å². The van der Waals surface area contributed by atoms with Crippen molar-refractivity contribution in [2.24, 2.45) is 0 Å². The number of benzene rings is 2. The third kappa shape index (κ3) is 4.54. The van der Waals surface area contributed by atoms with Gasteiger partial charge in [-0.05, 0) is 65.8 Å². The minimum Gasteiger partial charge on any atom is -0.489 e. The zero-order chi connectivity index (χ0) is 23.5. The Morgan fingerprint density at radius 1 is 1.09 bits per heavy atom. The number of hydrogen-bond donors (Lipinski definition) is 0. The Hall–Kier alpha value is -3.64.